The van der Waals surface area contributed by atoms with Gasteiger partial charge in [0.1, 0.15) is 12.1 Å². The normalized spacial score (nSPS) is 21.5. The summed E-state index contributed by atoms with van der Waals surface area (Å²) in [6, 6.07) is 7.24. The van der Waals surface area contributed by atoms with Crippen molar-refractivity contribution >= 4 is 28.3 Å². The fourth-order valence-electron chi connectivity index (χ4n) is 3.29. The Kier molecular flexibility index (Phi) is 4.29. The van der Waals surface area contributed by atoms with E-state index < -0.39 is 5.92 Å². The Morgan fingerprint density at radius 1 is 1.38 bits per heavy atom. The van der Waals surface area contributed by atoms with Crippen molar-refractivity contribution in [3.05, 3.63) is 47.7 Å². The predicted molar refractivity (Wildman–Crippen MR) is 98.5 cm³/mol. The molecule has 3 heterocycles. The molecule has 26 heavy (non-hydrogen) atoms. The summed E-state index contributed by atoms with van der Waals surface area (Å²) in [7, 11) is 1.62. The fourth-order valence-corrected chi connectivity index (χ4v) is 3.83. The molecular formula is C17H18N6O2S. The largest absolute Gasteiger partial charge is 0.497 e. The van der Waals surface area contributed by atoms with E-state index in [0.717, 1.165) is 11.3 Å². The molecule has 0 aliphatic carbocycles. The Morgan fingerprint density at radius 3 is 3.04 bits per heavy atom. The number of fused-ring (bicyclic) bond motifs is 1. The van der Waals surface area contributed by atoms with E-state index >= 15 is 0 Å². The number of carbonyl (C=O) groups excluding carboxylic acids is 1. The highest BCUT2D eigenvalue weighted by molar-refractivity contribution is 7.13. The summed E-state index contributed by atoms with van der Waals surface area (Å²) in [4.78, 5) is 21.5. The zero-order valence-electron chi connectivity index (χ0n) is 14.3. The molecule has 4 rings (SSSR count). The summed E-state index contributed by atoms with van der Waals surface area (Å²) in [5.74, 6) is 0.854. The smallest absolute Gasteiger partial charge is 0.233 e. The van der Waals surface area contributed by atoms with Crippen molar-refractivity contribution < 1.29 is 9.53 Å². The van der Waals surface area contributed by atoms with Crippen LogP contribution in [0, 0.1) is 5.92 Å². The van der Waals surface area contributed by atoms with Gasteiger partial charge in [-0.05, 0) is 24.6 Å². The lowest BCUT2D eigenvalue weighted by Crippen LogP contribution is -2.46. The molecule has 0 radical (unpaired) electrons. The van der Waals surface area contributed by atoms with Crippen LogP contribution in [0.5, 0.6) is 5.75 Å². The van der Waals surface area contributed by atoms with E-state index in [1.807, 2.05) is 36.6 Å². The number of hydrogen-bond acceptors (Lipinski definition) is 7. The maximum atomic E-state index is 13.1. The van der Waals surface area contributed by atoms with E-state index in [1.54, 1.807) is 18.0 Å². The summed E-state index contributed by atoms with van der Waals surface area (Å²) in [5, 5.41) is 12.9. The van der Waals surface area contributed by atoms with Crippen molar-refractivity contribution in [3.63, 3.8) is 0 Å². The Labute approximate surface area is 154 Å². The van der Waals surface area contributed by atoms with Crippen molar-refractivity contribution in [2.24, 2.45) is 5.92 Å². The average molecular weight is 370 g/mol. The van der Waals surface area contributed by atoms with Gasteiger partial charge in [0.15, 0.2) is 5.13 Å². The minimum atomic E-state index is -0.403. The van der Waals surface area contributed by atoms with Gasteiger partial charge >= 0.3 is 0 Å². The minimum Gasteiger partial charge on any atom is -0.497 e. The van der Waals surface area contributed by atoms with Crippen LogP contribution in [0.4, 0.5) is 11.1 Å². The van der Waals surface area contributed by atoms with E-state index in [2.05, 4.69) is 25.7 Å². The summed E-state index contributed by atoms with van der Waals surface area (Å²) >= 11 is 1.39. The van der Waals surface area contributed by atoms with Gasteiger partial charge in [-0.15, -0.1) is 11.3 Å². The summed E-state index contributed by atoms with van der Waals surface area (Å²) in [6.07, 6.45) is 3.15. The second-order valence-corrected chi connectivity index (χ2v) is 6.93. The number of methoxy groups -OCH3 is 1. The molecule has 134 valence electrons. The second-order valence-electron chi connectivity index (χ2n) is 6.03. The van der Waals surface area contributed by atoms with Crippen LogP contribution in [-0.2, 0) is 4.79 Å². The van der Waals surface area contributed by atoms with E-state index in [-0.39, 0.29) is 18.0 Å². The Bertz CT molecular complexity index is 910. The molecule has 1 amide bonds. The summed E-state index contributed by atoms with van der Waals surface area (Å²) < 4.78 is 7.10. The Morgan fingerprint density at radius 2 is 2.27 bits per heavy atom. The van der Waals surface area contributed by atoms with Crippen LogP contribution in [0.1, 0.15) is 18.5 Å². The van der Waals surface area contributed by atoms with Crippen molar-refractivity contribution in [2.75, 3.05) is 17.7 Å². The Hall–Kier alpha value is -2.94. The number of carbonyl (C=O) groups is 1. The van der Waals surface area contributed by atoms with Crippen LogP contribution in [0.3, 0.4) is 0 Å². The number of thiazole rings is 1. The third-order valence-corrected chi connectivity index (χ3v) is 5.16. The molecule has 2 N–H and O–H groups in total. The van der Waals surface area contributed by atoms with Crippen LogP contribution >= 0.6 is 11.3 Å². The van der Waals surface area contributed by atoms with Gasteiger partial charge in [0.05, 0.1) is 19.1 Å². The van der Waals surface area contributed by atoms with Gasteiger partial charge in [-0.25, -0.2) is 9.67 Å². The number of benzene rings is 1. The first-order valence-electron chi connectivity index (χ1n) is 8.17. The maximum absolute atomic E-state index is 13.1. The van der Waals surface area contributed by atoms with Gasteiger partial charge in [-0.1, -0.05) is 12.1 Å². The standard InChI is InChI=1S/C17H18N6O2S/c1-10-13(15(24)22-17-18-6-7-26-17)14(23-16(21-10)19-9-20-23)11-4-3-5-12(8-11)25-2/h3-10,13-14H,1-2H3,(H,18,22,24)(H,19,20,21)/t10-,13-,14+/m1/s1. The van der Waals surface area contributed by atoms with E-state index in [9.17, 15) is 4.79 Å². The van der Waals surface area contributed by atoms with E-state index in [0.29, 0.717) is 11.1 Å². The van der Waals surface area contributed by atoms with Crippen LogP contribution in [-0.4, -0.2) is 38.8 Å². The van der Waals surface area contributed by atoms with Crippen molar-refractivity contribution in [1.29, 1.82) is 0 Å². The number of amides is 1. The van der Waals surface area contributed by atoms with E-state index in [4.69, 9.17) is 4.74 Å². The molecule has 0 fully saturated rings. The lowest BCUT2D eigenvalue weighted by atomic mass is 9.85. The van der Waals surface area contributed by atoms with Gasteiger partial charge in [0.25, 0.3) is 0 Å². The topological polar surface area (TPSA) is 94.0 Å². The quantitative estimate of drug-likeness (QED) is 0.732. The van der Waals surface area contributed by atoms with Gasteiger partial charge < -0.3 is 15.4 Å². The SMILES string of the molecule is COc1cccc([C@H]2[C@H](C(=O)Nc3nccs3)[C@@H](C)Nc3ncnn32)c1. The van der Waals surface area contributed by atoms with Crippen molar-refractivity contribution in [2.45, 2.75) is 19.0 Å². The summed E-state index contributed by atoms with van der Waals surface area (Å²) in [6.45, 7) is 1.97. The molecular weight excluding hydrogens is 352 g/mol. The van der Waals surface area contributed by atoms with Gasteiger partial charge in [0.2, 0.25) is 11.9 Å². The molecule has 9 heteroatoms. The van der Waals surface area contributed by atoms with Crippen molar-refractivity contribution in [1.82, 2.24) is 19.7 Å². The molecule has 3 atom stereocenters. The van der Waals surface area contributed by atoms with Gasteiger partial charge in [-0.3, -0.25) is 4.79 Å². The monoisotopic (exact) mass is 370 g/mol. The fraction of sp³-hybridized carbons (Fsp3) is 0.294. The molecule has 3 aromatic rings. The van der Waals surface area contributed by atoms with Crippen molar-refractivity contribution in [3.8, 4) is 5.75 Å². The maximum Gasteiger partial charge on any atom is 0.233 e. The number of anilines is 2. The third-order valence-electron chi connectivity index (χ3n) is 4.47. The number of nitrogens with zero attached hydrogens (tertiary/aromatic N) is 4. The number of ether oxygens (including phenoxy) is 1. The number of hydrogen-bond donors (Lipinski definition) is 2. The lowest BCUT2D eigenvalue weighted by molar-refractivity contribution is -0.121. The zero-order chi connectivity index (χ0) is 18.1. The molecule has 1 aliphatic rings. The first-order valence-corrected chi connectivity index (χ1v) is 9.05. The highest BCUT2D eigenvalue weighted by Crippen LogP contribution is 2.37. The third kappa shape index (κ3) is 2.90. The molecule has 1 aliphatic heterocycles. The van der Waals surface area contributed by atoms with Crippen LogP contribution in [0.25, 0.3) is 0 Å². The molecule has 0 bridgehead atoms. The average Bonchev–Trinajstić information content (AvgIpc) is 3.32. The Balaban J connectivity index is 1.75. The highest BCUT2D eigenvalue weighted by Gasteiger charge is 2.41. The molecule has 0 saturated carbocycles. The molecule has 0 unspecified atom stereocenters. The molecule has 8 nitrogen and oxygen atoms in total. The number of aromatic nitrogens is 4. The molecule has 1 aromatic carbocycles. The van der Waals surface area contributed by atoms with Gasteiger partial charge in [-0.2, -0.15) is 10.1 Å². The molecule has 2 aromatic heterocycles. The highest BCUT2D eigenvalue weighted by atomic mass is 32.1. The lowest BCUT2D eigenvalue weighted by Gasteiger charge is -2.36. The molecule has 0 saturated heterocycles. The number of rotatable bonds is 4. The first-order chi connectivity index (χ1) is 12.7. The van der Waals surface area contributed by atoms with E-state index in [1.165, 1.54) is 17.7 Å². The van der Waals surface area contributed by atoms with Crippen LogP contribution < -0.4 is 15.4 Å². The van der Waals surface area contributed by atoms with Gasteiger partial charge in [0, 0.05) is 17.6 Å². The van der Waals surface area contributed by atoms with Crippen LogP contribution in [0.2, 0.25) is 0 Å². The minimum absolute atomic E-state index is 0.117. The summed E-state index contributed by atoms with van der Waals surface area (Å²) in [5.41, 5.74) is 0.934. The molecule has 0 spiro atoms. The second kappa shape index (κ2) is 6.75. The number of nitrogens with one attached hydrogen (secondary N) is 2. The first kappa shape index (κ1) is 16.5. The zero-order valence-corrected chi connectivity index (χ0v) is 15.1. The predicted octanol–water partition coefficient (Wildman–Crippen LogP) is 2.40. The van der Waals surface area contributed by atoms with Crippen LogP contribution in [0.15, 0.2) is 42.2 Å².